The van der Waals surface area contributed by atoms with Crippen molar-refractivity contribution in [1.82, 2.24) is 0 Å². The molecule has 0 bridgehead atoms. The second-order valence-electron chi connectivity index (χ2n) is 4.90. The Bertz CT molecular complexity index is 440. The lowest BCUT2D eigenvalue weighted by atomic mass is 9.77. The fourth-order valence-electron chi connectivity index (χ4n) is 2.52. The molecule has 1 atom stereocenters. The van der Waals surface area contributed by atoms with E-state index in [9.17, 15) is 8.78 Å². The van der Waals surface area contributed by atoms with Gasteiger partial charge in [0, 0.05) is 11.5 Å². The molecule has 86 valence electrons. The third-order valence-electron chi connectivity index (χ3n) is 3.97. The zero-order valence-electron chi connectivity index (χ0n) is 9.90. The van der Waals surface area contributed by atoms with E-state index in [1.54, 1.807) is 0 Å². The number of halogens is 2. The van der Waals surface area contributed by atoms with Crippen LogP contribution in [0.3, 0.4) is 0 Å². The molecule has 0 amide bonds. The standard InChI is InChI=1S/C14H16F2/c1-9-4-5-14(3,10(9)2)11-6-12(15)8-13(16)7-11/h6-8H,4-5H2,1-3H3/t14-/m1/s1. The first-order valence-corrected chi connectivity index (χ1v) is 5.57. The van der Waals surface area contributed by atoms with Crippen molar-refractivity contribution >= 4 is 0 Å². The molecule has 16 heavy (non-hydrogen) atoms. The number of benzene rings is 1. The van der Waals surface area contributed by atoms with E-state index in [0.29, 0.717) is 0 Å². The molecule has 0 spiro atoms. The maximum atomic E-state index is 13.2. The highest BCUT2D eigenvalue weighted by molar-refractivity contribution is 5.40. The Morgan fingerprint density at radius 2 is 1.62 bits per heavy atom. The van der Waals surface area contributed by atoms with Gasteiger partial charge in [-0.15, -0.1) is 0 Å². The smallest absolute Gasteiger partial charge is 0.126 e. The maximum absolute atomic E-state index is 13.2. The molecule has 1 aromatic rings. The number of rotatable bonds is 1. The Hall–Kier alpha value is -1.18. The van der Waals surface area contributed by atoms with Crippen molar-refractivity contribution in [3.8, 4) is 0 Å². The summed E-state index contributed by atoms with van der Waals surface area (Å²) in [6, 6.07) is 3.82. The molecule has 0 radical (unpaired) electrons. The van der Waals surface area contributed by atoms with Crippen LogP contribution in [0.15, 0.2) is 29.3 Å². The van der Waals surface area contributed by atoms with E-state index < -0.39 is 11.6 Å². The van der Waals surface area contributed by atoms with Gasteiger partial charge >= 0.3 is 0 Å². The van der Waals surface area contributed by atoms with E-state index in [2.05, 4.69) is 20.8 Å². The van der Waals surface area contributed by atoms with E-state index in [0.717, 1.165) is 24.5 Å². The Labute approximate surface area is 95.0 Å². The average Bonchev–Trinajstić information content (AvgIpc) is 2.46. The Kier molecular flexibility index (Phi) is 2.61. The Balaban J connectivity index is 2.52. The van der Waals surface area contributed by atoms with E-state index in [4.69, 9.17) is 0 Å². The van der Waals surface area contributed by atoms with Crippen molar-refractivity contribution in [1.29, 1.82) is 0 Å². The lowest BCUT2D eigenvalue weighted by molar-refractivity contribution is 0.525. The number of hydrogen-bond acceptors (Lipinski definition) is 0. The first-order valence-electron chi connectivity index (χ1n) is 5.57. The quantitative estimate of drug-likeness (QED) is 0.619. The SMILES string of the molecule is CC1=C(C)[C@](C)(c2cc(F)cc(F)c2)CC1. The minimum absolute atomic E-state index is 0.201. The third kappa shape index (κ3) is 1.66. The largest absolute Gasteiger partial charge is 0.207 e. The van der Waals surface area contributed by atoms with Crippen LogP contribution in [0.25, 0.3) is 0 Å². The van der Waals surface area contributed by atoms with Crippen molar-refractivity contribution in [2.45, 2.75) is 39.0 Å². The molecule has 0 heterocycles. The van der Waals surface area contributed by atoms with Crippen molar-refractivity contribution < 1.29 is 8.78 Å². The van der Waals surface area contributed by atoms with Gasteiger partial charge < -0.3 is 0 Å². The van der Waals surface area contributed by atoms with Gasteiger partial charge in [0.05, 0.1) is 0 Å². The highest BCUT2D eigenvalue weighted by Crippen LogP contribution is 2.44. The second kappa shape index (κ2) is 3.69. The van der Waals surface area contributed by atoms with Crippen LogP contribution in [0, 0.1) is 11.6 Å². The molecular formula is C14H16F2. The van der Waals surface area contributed by atoms with Crippen molar-refractivity contribution in [3.63, 3.8) is 0 Å². The molecule has 1 aliphatic rings. The summed E-state index contributed by atoms with van der Waals surface area (Å²) in [6.07, 6.45) is 1.95. The van der Waals surface area contributed by atoms with Crippen LogP contribution in [0.4, 0.5) is 8.78 Å². The van der Waals surface area contributed by atoms with Gasteiger partial charge in [-0.3, -0.25) is 0 Å². The van der Waals surface area contributed by atoms with Gasteiger partial charge in [0.25, 0.3) is 0 Å². The van der Waals surface area contributed by atoms with Crippen molar-refractivity contribution in [2.75, 3.05) is 0 Å². The molecule has 2 rings (SSSR count). The number of hydrogen-bond donors (Lipinski definition) is 0. The topological polar surface area (TPSA) is 0 Å². The monoisotopic (exact) mass is 222 g/mol. The minimum Gasteiger partial charge on any atom is -0.207 e. The van der Waals surface area contributed by atoms with Crippen LogP contribution in [-0.4, -0.2) is 0 Å². The summed E-state index contributed by atoms with van der Waals surface area (Å²) < 4.78 is 26.4. The Morgan fingerprint density at radius 1 is 1.06 bits per heavy atom. The predicted octanol–water partition coefficient (Wildman–Crippen LogP) is 4.35. The summed E-state index contributed by atoms with van der Waals surface area (Å²) >= 11 is 0. The third-order valence-corrected chi connectivity index (χ3v) is 3.97. The highest BCUT2D eigenvalue weighted by Gasteiger charge is 2.34. The van der Waals surface area contributed by atoms with E-state index in [-0.39, 0.29) is 5.41 Å². The summed E-state index contributed by atoms with van der Waals surface area (Å²) in [4.78, 5) is 0. The summed E-state index contributed by atoms with van der Waals surface area (Å²) in [6.45, 7) is 6.22. The number of allylic oxidation sites excluding steroid dienone is 2. The van der Waals surface area contributed by atoms with E-state index >= 15 is 0 Å². The maximum Gasteiger partial charge on any atom is 0.126 e. The van der Waals surface area contributed by atoms with Crippen LogP contribution in [0.5, 0.6) is 0 Å². The van der Waals surface area contributed by atoms with Gasteiger partial charge in [0.1, 0.15) is 11.6 Å². The molecule has 0 aliphatic heterocycles. The highest BCUT2D eigenvalue weighted by atomic mass is 19.1. The molecule has 0 saturated heterocycles. The van der Waals surface area contributed by atoms with Gasteiger partial charge in [-0.05, 0) is 44.4 Å². The van der Waals surface area contributed by atoms with Crippen LogP contribution >= 0.6 is 0 Å². The zero-order chi connectivity index (χ0) is 11.9. The van der Waals surface area contributed by atoms with Crippen molar-refractivity contribution in [3.05, 3.63) is 46.5 Å². The zero-order valence-corrected chi connectivity index (χ0v) is 9.90. The molecule has 1 aliphatic carbocycles. The summed E-state index contributed by atoms with van der Waals surface area (Å²) in [7, 11) is 0. The molecule has 0 N–H and O–H groups in total. The first-order chi connectivity index (χ1) is 7.43. The van der Waals surface area contributed by atoms with Gasteiger partial charge in [-0.2, -0.15) is 0 Å². The fraction of sp³-hybridized carbons (Fsp3) is 0.429. The second-order valence-corrected chi connectivity index (χ2v) is 4.90. The van der Waals surface area contributed by atoms with Crippen LogP contribution < -0.4 is 0 Å². The molecule has 0 saturated carbocycles. The predicted molar refractivity (Wildman–Crippen MR) is 61.3 cm³/mol. The average molecular weight is 222 g/mol. The van der Waals surface area contributed by atoms with Crippen molar-refractivity contribution in [2.24, 2.45) is 0 Å². The molecule has 0 fully saturated rings. The van der Waals surface area contributed by atoms with Crippen LogP contribution in [-0.2, 0) is 5.41 Å². The molecule has 2 heteroatoms. The summed E-state index contributed by atoms with van der Waals surface area (Å²) in [5, 5.41) is 0. The molecular weight excluding hydrogens is 206 g/mol. The minimum atomic E-state index is -0.492. The first kappa shape index (κ1) is 11.3. The normalized spacial score (nSPS) is 25.3. The summed E-state index contributed by atoms with van der Waals surface area (Å²) in [5.41, 5.74) is 3.14. The Morgan fingerprint density at radius 3 is 2.06 bits per heavy atom. The van der Waals surface area contributed by atoms with Gasteiger partial charge in [0.2, 0.25) is 0 Å². The fourth-order valence-corrected chi connectivity index (χ4v) is 2.52. The molecule has 0 unspecified atom stereocenters. The lowest BCUT2D eigenvalue weighted by Crippen LogP contribution is -2.20. The van der Waals surface area contributed by atoms with Crippen LogP contribution in [0.2, 0.25) is 0 Å². The van der Waals surface area contributed by atoms with E-state index in [1.165, 1.54) is 23.3 Å². The van der Waals surface area contributed by atoms with Gasteiger partial charge in [-0.1, -0.05) is 18.1 Å². The molecule has 0 nitrogen and oxygen atoms in total. The van der Waals surface area contributed by atoms with Crippen LogP contribution in [0.1, 0.15) is 39.2 Å². The summed E-state index contributed by atoms with van der Waals surface area (Å²) in [5.74, 6) is -0.984. The van der Waals surface area contributed by atoms with E-state index in [1.807, 2.05) is 0 Å². The molecule has 0 aromatic heterocycles. The van der Waals surface area contributed by atoms with Gasteiger partial charge in [0.15, 0.2) is 0 Å². The lowest BCUT2D eigenvalue weighted by Gasteiger charge is -2.27. The van der Waals surface area contributed by atoms with Gasteiger partial charge in [-0.25, -0.2) is 8.78 Å². The molecule has 1 aromatic carbocycles.